The topological polar surface area (TPSA) is 152 Å². The maximum atomic E-state index is 15.3. The first kappa shape index (κ1) is 31.1. The number of pyridine rings is 1. The Morgan fingerprint density at radius 2 is 1.94 bits per heavy atom. The normalized spacial score (nSPS) is 18.1. The molecule has 0 spiro atoms. The molecule has 4 aromatic rings. The van der Waals surface area contributed by atoms with Crippen LogP contribution in [0.4, 0.5) is 20.3 Å². The van der Waals surface area contributed by atoms with E-state index in [1.165, 1.54) is 34.4 Å². The summed E-state index contributed by atoms with van der Waals surface area (Å²) in [4.78, 5) is 52.9. The first-order valence-electron chi connectivity index (χ1n) is 15.6. The highest BCUT2D eigenvalue weighted by Gasteiger charge is 2.31. The molecule has 2 fully saturated rings. The summed E-state index contributed by atoms with van der Waals surface area (Å²) in [5.41, 5.74) is 3.98. The number of fused-ring (bicyclic) bond motifs is 2. The number of rotatable bonds is 8. The van der Waals surface area contributed by atoms with Gasteiger partial charge in [0.05, 0.1) is 27.9 Å². The lowest BCUT2D eigenvalue weighted by Gasteiger charge is -2.40. The summed E-state index contributed by atoms with van der Waals surface area (Å²) in [6.07, 6.45) is 6.58. The Balaban J connectivity index is 1.20. The molecular formula is C32H33ClF2N8O4. The minimum atomic E-state index is -1.69. The van der Waals surface area contributed by atoms with Gasteiger partial charge < -0.3 is 25.6 Å². The summed E-state index contributed by atoms with van der Waals surface area (Å²) in [7, 11) is 0. The average Bonchev–Trinajstić information content (AvgIpc) is 3.58. The van der Waals surface area contributed by atoms with Crippen LogP contribution in [0.1, 0.15) is 42.4 Å². The molecule has 1 atom stereocenters. The Bertz CT molecular complexity index is 2010. The van der Waals surface area contributed by atoms with E-state index in [1.54, 1.807) is 6.07 Å². The molecule has 4 N–H and O–H groups in total. The Morgan fingerprint density at radius 3 is 2.66 bits per heavy atom. The second kappa shape index (κ2) is 11.9. The predicted molar refractivity (Wildman–Crippen MR) is 172 cm³/mol. The van der Waals surface area contributed by atoms with E-state index in [4.69, 9.17) is 17.3 Å². The van der Waals surface area contributed by atoms with Gasteiger partial charge in [-0.3, -0.25) is 23.9 Å². The van der Waals surface area contributed by atoms with E-state index >= 15 is 4.39 Å². The molecule has 0 unspecified atom stereocenters. The molecule has 1 saturated carbocycles. The number of hydrogen-bond donors (Lipinski definition) is 3. The zero-order chi connectivity index (χ0) is 33.1. The van der Waals surface area contributed by atoms with Gasteiger partial charge in [-0.2, -0.15) is 4.39 Å². The maximum absolute atomic E-state index is 15.3. The fraction of sp³-hybridized carbons (Fsp3) is 0.406. The van der Waals surface area contributed by atoms with Crippen LogP contribution in [0.3, 0.4) is 0 Å². The van der Waals surface area contributed by atoms with Gasteiger partial charge in [-0.15, -0.1) is 0 Å². The van der Waals surface area contributed by atoms with Gasteiger partial charge in [0.25, 0.3) is 11.5 Å². The molecule has 3 aromatic heterocycles. The number of amides is 2. The number of anilines is 2. The third kappa shape index (κ3) is 5.69. The van der Waals surface area contributed by atoms with Gasteiger partial charge in [-0.25, -0.2) is 14.4 Å². The van der Waals surface area contributed by atoms with Crippen molar-refractivity contribution in [3.63, 3.8) is 0 Å². The summed E-state index contributed by atoms with van der Waals surface area (Å²) in [6.45, 7) is 5.90. The van der Waals surface area contributed by atoms with E-state index < -0.39 is 45.9 Å². The number of phenols is 1. The number of halogens is 3. The van der Waals surface area contributed by atoms with Crippen LogP contribution in [0.15, 0.2) is 29.3 Å². The third-order valence-corrected chi connectivity index (χ3v) is 9.52. The van der Waals surface area contributed by atoms with Gasteiger partial charge in [-0.1, -0.05) is 11.6 Å². The summed E-state index contributed by atoms with van der Waals surface area (Å²) in [5.74, 6) is -4.14. The number of aromatic nitrogens is 4. The Kier molecular flexibility index (Phi) is 7.87. The molecule has 47 heavy (non-hydrogen) atoms. The molecule has 0 radical (unpaired) electrons. The van der Waals surface area contributed by atoms with Crippen molar-refractivity contribution in [2.75, 3.05) is 36.4 Å². The monoisotopic (exact) mass is 666 g/mol. The lowest BCUT2D eigenvalue weighted by atomic mass is 10.0. The van der Waals surface area contributed by atoms with E-state index in [0.29, 0.717) is 36.7 Å². The third-order valence-electron chi connectivity index (χ3n) is 9.22. The number of aryl methyl sites for hydroxylation is 1. The molecule has 246 valence electrons. The van der Waals surface area contributed by atoms with Gasteiger partial charge in [-0.05, 0) is 38.2 Å². The molecule has 3 aliphatic rings. The van der Waals surface area contributed by atoms with Gasteiger partial charge >= 0.3 is 0 Å². The first-order valence-corrected chi connectivity index (χ1v) is 16.0. The molecule has 7 rings (SSSR count). The fourth-order valence-corrected chi connectivity index (χ4v) is 6.83. The number of aromatic hydroxyl groups is 1. The number of carbonyl (C=O) groups is 2. The number of nitrogens with zero attached hydrogens (tertiary/aromatic N) is 6. The molecule has 1 aromatic carbocycles. The predicted octanol–water partition coefficient (Wildman–Crippen LogP) is 3.50. The van der Waals surface area contributed by atoms with Crippen molar-refractivity contribution in [1.82, 2.24) is 24.0 Å². The number of primary amides is 1. The van der Waals surface area contributed by atoms with Crippen LogP contribution < -0.4 is 21.5 Å². The molecular weight excluding hydrogens is 634 g/mol. The van der Waals surface area contributed by atoms with Gasteiger partial charge in [0.1, 0.15) is 23.8 Å². The number of nitrogens with one attached hydrogen (secondary N) is 1. The fourth-order valence-electron chi connectivity index (χ4n) is 6.68. The van der Waals surface area contributed by atoms with Gasteiger partial charge in [0.15, 0.2) is 11.6 Å². The zero-order valence-electron chi connectivity index (χ0n) is 25.6. The lowest BCUT2D eigenvalue weighted by molar-refractivity contribution is -0.116. The highest BCUT2D eigenvalue weighted by molar-refractivity contribution is 6.33. The molecule has 12 nitrogen and oxygen atoms in total. The summed E-state index contributed by atoms with van der Waals surface area (Å²) in [5, 5.41) is 13.0. The van der Waals surface area contributed by atoms with Crippen molar-refractivity contribution >= 4 is 46.0 Å². The maximum Gasteiger partial charge on any atom is 0.263 e. The molecule has 2 aliphatic heterocycles. The minimum Gasteiger partial charge on any atom is -0.504 e. The standard InChI is InChI=1S/C32H33ClF2N8O4/c1-16-12-40(13-17-4-5-17)7-8-42(16)24-10-22(21(33)11-37-24)38-25(44)15-41-14-20(18-9-19(30(36)46)29(45)28(35)27(18)34)26-31(41)39-23-3-2-6-43(23)32(26)47/h9-11,14,16-17,45H,2-8,12-13,15H2,1H3,(H2,36,46)(H,37,38,44)/t16-/m0/s1. The number of benzene rings is 1. The van der Waals surface area contributed by atoms with Crippen LogP contribution in [0, 0.1) is 17.6 Å². The summed E-state index contributed by atoms with van der Waals surface area (Å²) < 4.78 is 32.9. The van der Waals surface area contributed by atoms with Crippen molar-refractivity contribution in [2.45, 2.75) is 51.7 Å². The average molecular weight is 667 g/mol. The van der Waals surface area contributed by atoms with Crippen LogP contribution in [0.5, 0.6) is 5.75 Å². The smallest absolute Gasteiger partial charge is 0.263 e. The molecule has 1 saturated heterocycles. The lowest BCUT2D eigenvalue weighted by Crippen LogP contribution is -2.52. The number of carbonyl (C=O) groups excluding carboxylic acids is 2. The van der Waals surface area contributed by atoms with Crippen LogP contribution in [0.2, 0.25) is 5.02 Å². The zero-order valence-corrected chi connectivity index (χ0v) is 26.4. The quantitative estimate of drug-likeness (QED) is 0.259. The van der Waals surface area contributed by atoms with Gasteiger partial charge in [0, 0.05) is 68.6 Å². The molecule has 0 bridgehead atoms. The van der Waals surface area contributed by atoms with Crippen molar-refractivity contribution in [3.05, 3.63) is 62.9 Å². The molecule has 15 heteroatoms. The van der Waals surface area contributed by atoms with Crippen LogP contribution >= 0.6 is 11.6 Å². The number of nitrogens with two attached hydrogens (primary N) is 1. The van der Waals surface area contributed by atoms with E-state index in [9.17, 15) is 23.9 Å². The second-order valence-corrected chi connectivity index (χ2v) is 13.0. The largest absolute Gasteiger partial charge is 0.504 e. The first-order chi connectivity index (χ1) is 22.5. The highest BCUT2D eigenvalue weighted by atomic mass is 35.5. The van der Waals surface area contributed by atoms with Crippen LogP contribution in [-0.2, 0) is 24.3 Å². The van der Waals surface area contributed by atoms with Crippen molar-refractivity contribution in [2.24, 2.45) is 11.7 Å². The van der Waals surface area contributed by atoms with E-state index in [1.807, 2.05) is 0 Å². The van der Waals surface area contributed by atoms with Crippen molar-refractivity contribution < 1.29 is 23.5 Å². The van der Waals surface area contributed by atoms with Crippen LogP contribution in [-0.4, -0.2) is 73.1 Å². The molecule has 1 aliphatic carbocycles. The minimum absolute atomic E-state index is 0.0677. The molecule has 2 amide bonds. The molecule has 5 heterocycles. The summed E-state index contributed by atoms with van der Waals surface area (Å²) in [6, 6.07) is 2.82. The Labute approximate surface area is 272 Å². The Morgan fingerprint density at radius 1 is 1.15 bits per heavy atom. The number of hydrogen-bond acceptors (Lipinski definition) is 8. The van der Waals surface area contributed by atoms with Gasteiger partial charge in [0.2, 0.25) is 11.7 Å². The SMILES string of the molecule is C[C@H]1CN(CC2CC2)CCN1c1cc(NC(=O)Cn2cc(-c3cc(C(N)=O)c(O)c(F)c3F)c3c(=O)n4c(nc32)CCC4)c(Cl)cn1. The van der Waals surface area contributed by atoms with E-state index in [0.717, 1.165) is 38.2 Å². The van der Waals surface area contributed by atoms with Crippen molar-refractivity contribution in [1.29, 1.82) is 0 Å². The van der Waals surface area contributed by atoms with E-state index in [-0.39, 0.29) is 34.2 Å². The van der Waals surface area contributed by atoms with Crippen molar-refractivity contribution in [3.8, 4) is 16.9 Å². The van der Waals surface area contributed by atoms with E-state index in [2.05, 4.69) is 32.0 Å². The number of piperazine rings is 1. The Hall–Kier alpha value is -4.56. The second-order valence-electron chi connectivity index (χ2n) is 12.6. The summed E-state index contributed by atoms with van der Waals surface area (Å²) >= 11 is 6.45. The van der Waals surface area contributed by atoms with Crippen LogP contribution in [0.25, 0.3) is 22.2 Å². The highest BCUT2D eigenvalue weighted by Crippen LogP contribution is 2.37.